The van der Waals surface area contributed by atoms with Gasteiger partial charge in [-0.1, -0.05) is 23.7 Å². The highest BCUT2D eigenvalue weighted by Gasteiger charge is 2.38. The minimum absolute atomic E-state index is 0.201. The Kier molecular flexibility index (Phi) is 5.94. The molecule has 29 heavy (non-hydrogen) atoms. The third-order valence-electron chi connectivity index (χ3n) is 4.57. The molecule has 0 radical (unpaired) electrons. The first-order valence-corrected chi connectivity index (χ1v) is 9.12. The smallest absolute Gasteiger partial charge is 0.340 e. The van der Waals surface area contributed by atoms with Crippen LogP contribution >= 0.6 is 11.6 Å². The first-order chi connectivity index (χ1) is 13.9. The molecule has 0 aliphatic carbocycles. The summed E-state index contributed by atoms with van der Waals surface area (Å²) in [4.78, 5) is 27.2. The Bertz CT molecular complexity index is 1040. The summed E-state index contributed by atoms with van der Waals surface area (Å²) in [6.45, 7) is 1.69. The lowest BCUT2D eigenvalue weighted by Crippen LogP contribution is -2.24. The molecule has 1 aliphatic rings. The zero-order valence-corrected chi connectivity index (χ0v) is 17.2. The Morgan fingerprint density at radius 3 is 2.38 bits per heavy atom. The van der Waals surface area contributed by atoms with Crippen LogP contribution in [0.15, 0.2) is 59.3 Å². The molecule has 1 heterocycles. The number of benzene rings is 2. The Morgan fingerprint density at radius 1 is 1.03 bits per heavy atom. The van der Waals surface area contributed by atoms with Gasteiger partial charge in [-0.2, -0.15) is 0 Å². The third-order valence-corrected chi connectivity index (χ3v) is 4.81. The molecule has 0 spiro atoms. The maximum Gasteiger partial charge on any atom is 0.340 e. The van der Waals surface area contributed by atoms with Gasteiger partial charge >= 0.3 is 5.97 Å². The Balaban J connectivity index is 2.13. The van der Waals surface area contributed by atoms with Crippen LogP contribution in [0, 0.1) is 0 Å². The molecule has 2 aromatic carbocycles. The largest absolute Gasteiger partial charge is 0.493 e. The van der Waals surface area contributed by atoms with Crippen molar-refractivity contribution in [1.29, 1.82) is 0 Å². The highest BCUT2D eigenvalue weighted by Crippen LogP contribution is 2.37. The van der Waals surface area contributed by atoms with Crippen molar-refractivity contribution in [2.24, 2.45) is 0 Å². The zero-order chi connectivity index (χ0) is 21.1. The molecule has 1 amide bonds. The van der Waals surface area contributed by atoms with Crippen molar-refractivity contribution in [2.45, 2.75) is 6.92 Å². The monoisotopic (exact) mass is 413 g/mol. The van der Waals surface area contributed by atoms with Gasteiger partial charge in [-0.3, -0.25) is 9.69 Å². The van der Waals surface area contributed by atoms with Crippen molar-refractivity contribution in [3.8, 4) is 11.5 Å². The number of rotatable bonds is 5. The summed E-state index contributed by atoms with van der Waals surface area (Å²) in [5.41, 5.74) is 2.13. The van der Waals surface area contributed by atoms with E-state index in [9.17, 15) is 9.59 Å². The van der Waals surface area contributed by atoms with Gasteiger partial charge in [0.05, 0.1) is 38.2 Å². The number of allylic oxidation sites excluding steroid dienone is 1. The molecule has 0 saturated carbocycles. The predicted octanol–water partition coefficient (Wildman–Crippen LogP) is 4.23. The average Bonchev–Trinajstić information content (AvgIpc) is 2.96. The van der Waals surface area contributed by atoms with Gasteiger partial charge in [-0.25, -0.2) is 4.79 Å². The number of carbonyl (C=O) groups is 2. The van der Waals surface area contributed by atoms with Crippen molar-refractivity contribution in [1.82, 2.24) is 0 Å². The minimum Gasteiger partial charge on any atom is -0.493 e. The van der Waals surface area contributed by atoms with Crippen molar-refractivity contribution >= 4 is 35.2 Å². The molecular weight excluding hydrogens is 394 g/mol. The summed E-state index contributed by atoms with van der Waals surface area (Å²) < 4.78 is 15.5. The SMILES string of the molecule is COC(=O)C1=C(C)N(c2cccc(Cl)c2)C(=O)/C1=C\c1ccc(OC)c(OC)c1. The summed E-state index contributed by atoms with van der Waals surface area (Å²) in [6, 6.07) is 12.1. The van der Waals surface area contributed by atoms with E-state index in [2.05, 4.69) is 0 Å². The first kappa shape index (κ1) is 20.5. The third kappa shape index (κ3) is 3.84. The molecule has 0 fully saturated rings. The van der Waals surface area contributed by atoms with E-state index >= 15 is 0 Å². The van der Waals surface area contributed by atoms with E-state index < -0.39 is 5.97 Å². The van der Waals surface area contributed by atoms with E-state index in [0.717, 1.165) is 0 Å². The van der Waals surface area contributed by atoms with Gasteiger partial charge < -0.3 is 14.2 Å². The van der Waals surface area contributed by atoms with E-state index in [0.29, 0.717) is 33.5 Å². The van der Waals surface area contributed by atoms with Crippen LogP contribution in [0.4, 0.5) is 5.69 Å². The van der Waals surface area contributed by atoms with Crippen LogP contribution in [0.3, 0.4) is 0 Å². The molecule has 0 aromatic heterocycles. The number of hydrogen-bond acceptors (Lipinski definition) is 5. The van der Waals surface area contributed by atoms with Gasteiger partial charge in [0.25, 0.3) is 5.91 Å². The lowest BCUT2D eigenvalue weighted by atomic mass is 10.0. The van der Waals surface area contributed by atoms with Crippen molar-refractivity contribution in [3.05, 3.63) is 69.9 Å². The molecule has 0 saturated heterocycles. The predicted molar refractivity (Wildman–Crippen MR) is 111 cm³/mol. The standard InChI is InChI=1S/C22H20ClNO5/c1-13-20(22(26)29-4)17(10-14-8-9-18(27-2)19(11-14)28-3)21(25)24(13)16-7-5-6-15(23)12-16/h5-12H,1-4H3/b17-10-. The topological polar surface area (TPSA) is 65.1 Å². The van der Waals surface area contributed by atoms with E-state index in [1.165, 1.54) is 19.1 Å². The summed E-state index contributed by atoms with van der Waals surface area (Å²) in [7, 11) is 4.35. The van der Waals surface area contributed by atoms with Gasteiger partial charge in [-0.05, 0) is 48.9 Å². The van der Waals surface area contributed by atoms with Gasteiger partial charge in [0.15, 0.2) is 11.5 Å². The number of anilines is 1. The van der Waals surface area contributed by atoms with Gasteiger partial charge in [0.1, 0.15) is 0 Å². The molecule has 150 valence electrons. The molecule has 3 rings (SSSR count). The highest BCUT2D eigenvalue weighted by molar-refractivity contribution is 6.31. The van der Waals surface area contributed by atoms with E-state index in [4.69, 9.17) is 25.8 Å². The number of hydrogen-bond donors (Lipinski definition) is 0. The van der Waals surface area contributed by atoms with Gasteiger partial charge in [0, 0.05) is 10.7 Å². The average molecular weight is 414 g/mol. The lowest BCUT2D eigenvalue weighted by molar-refractivity contribution is -0.136. The fourth-order valence-corrected chi connectivity index (χ4v) is 3.40. The maximum atomic E-state index is 13.2. The fraction of sp³-hybridized carbons (Fsp3) is 0.182. The van der Waals surface area contributed by atoms with E-state index in [1.54, 1.807) is 62.6 Å². The van der Waals surface area contributed by atoms with Crippen molar-refractivity contribution in [3.63, 3.8) is 0 Å². The Morgan fingerprint density at radius 2 is 1.76 bits per heavy atom. The fourth-order valence-electron chi connectivity index (χ4n) is 3.22. The number of ether oxygens (including phenoxy) is 3. The molecule has 0 atom stereocenters. The van der Waals surface area contributed by atoms with E-state index in [1.807, 2.05) is 0 Å². The summed E-state index contributed by atoms with van der Waals surface area (Å²) in [5.74, 6) is 0.138. The molecular formula is C22H20ClNO5. The van der Waals surface area contributed by atoms with Crippen LogP contribution in [0.2, 0.25) is 5.02 Å². The molecule has 6 nitrogen and oxygen atoms in total. The number of nitrogens with zero attached hydrogens (tertiary/aromatic N) is 1. The van der Waals surface area contributed by atoms with Crippen LogP contribution in [0.1, 0.15) is 12.5 Å². The normalized spacial score (nSPS) is 15.1. The number of carbonyl (C=O) groups excluding carboxylic acids is 2. The number of methoxy groups -OCH3 is 3. The van der Waals surface area contributed by atoms with Crippen molar-refractivity contribution < 1.29 is 23.8 Å². The van der Waals surface area contributed by atoms with E-state index in [-0.39, 0.29) is 17.1 Å². The summed E-state index contributed by atoms with van der Waals surface area (Å²) in [5, 5.41) is 0.486. The second-order valence-electron chi connectivity index (χ2n) is 6.24. The molecule has 7 heteroatoms. The van der Waals surface area contributed by atoms with Gasteiger partial charge in [0.2, 0.25) is 0 Å². The first-order valence-electron chi connectivity index (χ1n) is 8.74. The van der Waals surface area contributed by atoms with Crippen LogP contribution < -0.4 is 14.4 Å². The van der Waals surface area contributed by atoms with Crippen LogP contribution in [0.5, 0.6) is 11.5 Å². The minimum atomic E-state index is -0.591. The molecule has 0 N–H and O–H groups in total. The second-order valence-corrected chi connectivity index (χ2v) is 6.68. The van der Waals surface area contributed by atoms with Crippen LogP contribution in [0.25, 0.3) is 6.08 Å². The summed E-state index contributed by atoms with van der Waals surface area (Å²) in [6.07, 6.45) is 1.63. The van der Waals surface area contributed by atoms with Crippen LogP contribution in [-0.4, -0.2) is 33.2 Å². The quantitative estimate of drug-likeness (QED) is 0.542. The molecule has 0 unspecified atom stereocenters. The summed E-state index contributed by atoms with van der Waals surface area (Å²) >= 11 is 6.09. The van der Waals surface area contributed by atoms with Crippen molar-refractivity contribution in [2.75, 3.05) is 26.2 Å². The maximum absolute atomic E-state index is 13.2. The Labute approximate surface area is 173 Å². The highest BCUT2D eigenvalue weighted by atomic mass is 35.5. The lowest BCUT2D eigenvalue weighted by Gasteiger charge is -2.18. The molecule has 1 aliphatic heterocycles. The molecule has 0 bridgehead atoms. The van der Waals surface area contributed by atoms with Crippen LogP contribution in [-0.2, 0) is 14.3 Å². The number of halogens is 1. The number of amides is 1. The molecule has 2 aromatic rings. The second kappa shape index (κ2) is 8.41. The number of esters is 1. The van der Waals surface area contributed by atoms with Gasteiger partial charge in [-0.15, -0.1) is 0 Å². The Hall–Kier alpha value is -3.25. The zero-order valence-electron chi connectivity index (χ0n) is 16.5.